The molecule has 0 radical (unpaired) electrons. The normalized spacial score (nSPS) is 11.6. The summed E-state index contributed by atoms with van der Waals surface area (Å²) >= 11 is 0. The van der Waals surface area contributed by atoms with Crippen molar-refractivity contribution in [2.75, 3.05) is 13.2 Å². The molecule has 0 bridgehead atoms. The molecule has 0 fully saturated rings. The summed E-state index contributed by atoms with van der Waals surface area (Å²) in [5.41, 5.74) is 0.927. The van der Waals surface area contributed by atoms with Crippen molar-refractivity contribution in [2.45, 2.75) is 19.9 Å². The van der Waals surface area contributed by atoms with Gasteiger partial charge in [0.05, 0.1) is 17.9 Å². The third-order valence-corrected chi connectivity index (χ3v) is 2.43. The SMILES string of the molecule is CCOC(=O)CN(N=O)C(C)c1ccccc1. The number of rotatable bonds is 6. The predicted octanol–water partition coefficient (Wildman–Crippen LogP) is 2.29. The van der Waals surface area contributed by atoms with E-state index in [1.54, 1.807) is 6.92 Å². The minimum absolute atomic E-state index is 0.132. The van der Waals surface area contributed by atoms with Crippen LogP contribution in [0.15, 0.2) is 35.6 Å². The van der Waals surface area contributed by atoms with Crippen LogP contribution in [0.1, 0.15) is 25.5 Å². The lowest BCUT2D eigenvalue weighted by atomic mass is 10.1. The van der Waals surface area contributed by atoms with Gasteiger partial charge in [-0.15, -0.1) is 4.91 Å². The van der Waals surface area contributed by atoms with Crippen molar-refractivity contribution in [1.82, 2.24) is 5.01 Å². The summed E-state index contributed by atoms with van der Waals surface area (Å²) < 4.78 is 4.78. The van der Waals surface area contributed by atoms with E-state index in [0.717, 1.165) is 5.56 Å². The zero-order chi connectivity index (χ0) is 12.7. The molecule has 1 aromatic carbocycles. The van der Waals surface area contributed by atoms with Gasteiger partial charge in [-0.05, 0) is 19.4 Å². The van der Waals surface area contributed by atoms with Crippen LogP contribution in [-0.2, 0) is 9.53 Å². The molecule has 5 heteroatoms. The molecule has 1 atom stereocenters. The van der Waals surface area contributed by atoms with Gasteiger partial charge in [0, 0.05) is 0 Å². The molecular weight excluding hydrogens is 220 g/mol. The van der Waals surface area contributed by atoms with Gasteiger partial charge in [-0.3, -0.25) is 4.79 Å². The number of carbonyl (C=O) groups is 1. The molecule has 0 aliphatic carbocycles. The second kappa shape index (κ2) is 6.62. The fourth-order valence-electron chi connectivity index (χ4n) is 1.48. The zero-order valence-electron chi connectivity index (χ0n) is 10.00. The van der Waals surface area contributed by atoms with Gasteiger partial charge in [0.15, 0.2) is 0 Å². The van der Waals surface area contributed by atoms with Crippen LogP contribution in [0.25, 0.3) is 0 Å². The average molecular weight is 236 g/mol. The lowest BCUT2D eigenvalue weighted by molar-refractivity contribution is -0.145. The van der Waals surface area contributed by atoms with Crippen molar-refractivity contribution >= 4 is 5.97 Å². The summed E-state index contributed by atoms with van der Waals surface area (Å²) in [5, 5.41) is 4.04. The van der Waals surface area contributed by atoms with Gasteiger partial charge >= 0.3 is 5.97 Å². The maximum atomic E-state index is 11.3. The smallest absolute Gasteiger partial charge is 0.327 e. The fraction of sp³-hybridized carbons (Fsp3) is 0.417. The summed E-state index contributed by atoms with van der Waals surface area (Å²) in [5.74, 6) is -0.449. The van der Waals surface area contributed by atoms with Crippen molar-refractivity contribution in [1.29, 1.82) is 0 Å². The Morgan fingerprint density at radius 1 is 1.41 bits per heavy atom. The van der Waals surface area contributed by atoms with Gasteiger partial charge in [-0.1, -0.05) is 30.3 Å². The van der Waals surface area contributed by atoms with E-state index in [9.17, 15) is 9.70 Å². The number of nitrogens with zero attached hydrogens (tertiary/aromatic N) is 2. The monoisotopic (exact) mass is 236 g/mol. The molecule has 1 unspecified atom stereocenters. The maximum Gasteiger partial charge on any atom is 0.327 e. The first kappa shape index (κ1) is 13.2. The summed E-state index contributed by atoms with van der Waals surface area (Å²) in [6.07, 6.45) is 0. The van der Waals surface area contributed by atoms with Gasteiger partial charge in [-0.25, -0.2) is 5.01 Å². The van der Waals surface area contributed by atoms with Gasteiger partial charge in [0.25, 0.3) is 0 Å². The first-order chi connectivity index (χ1) is 8.19. The lowest BCUT2D eigenvalue weighted by Crippen LogP contribution is -2.28. The fourth-order valence-corrected chi connectivity index (χ4v) is 1.48. The molecule has 0 spiro atoms. The van der Waals surface area contributed by atoms with E-state index >= 15 is 0 Å². The van der Waals surface area contributed by atoms with Crippen LogP contribution in [-0.4, -0.2) is 24.1 Å². The van der Waals surface area contributed by atoms with Crippen LogP contribution in [0, 0.1) is 4.91 Å². The molecule has 1 rings (SSSR count). The molecule has 17 heavy (non-hydrogen) atoms. The van der Waals surface area contributed by atoms with E-state index in [1.807, 2.05) is 37.3 Å². The largest absolute Gasteiger partial charge is 0.465 e. The first-order valence-corrected chi connectivity index (χ1v) is 5.49. The minimum atomic E-state index is -0.449. The number of nitroso groups, excluding NO2 is 1. The van der Waals surface area contributed by atoms with Crippen LogP contribution in [0.5, 0.6) is 0 Å². The Balaban J connectivity index is 2.67. The highest BCUT2D eigenvalue weighted by Crippen LogP contribution is 2.19. The van der Waals surface area contributed by atoms with E-state index in [4.69, 9.17) is 4.74 Å². The molecule has 0 heterocycles. The van der Waals surface area contributed by atoms with Gasteiger partial charge < -0.3 is 4.74 Å². The van der Waals surface area contributed by atoms with Gasteiger partial charge in [0.1, 0.15) is 6.54 Å². The van der Waals surface area contributed by atoms with E-state index in [1.165, 1.54) is 5.01 Å². The third kappa shape index (κ3) is 3.86. The van der Waals surface area contributed by atoms with Crippen LogP contribution < -0.4 is 0 Å². The number of hydrogen-bond donors (Lipinski definition) is 0. The van der Waals surface area contributed by atoms with E-state index < -0.39 is 5.97 Å². The number of esters is 1. The Labute approximate surface area is 100 Å². The number of benzene rings is 1. The zero-order valence-corrected chi connectivity index (χ0v) is 10.00. The molecule has 0 aliphatic rings. The van der Waals surface area contributed by atoms with Crippen molar-refractivity contribution in [3.63, 3.8) is 0 Å². The lowest BCUT2D eigenvalue weighted by Gasteiger charge is -2.22. The highest BCUT2D eigenvalue weighted by molar-refractivity contribution is 5.71. The third-order valence-electron chi connectivity index (χ3n) is 2.43. The Bertz CT molecular complexity index is 367. The number of ether oxygens (including phenoxy) is 1. The van der Waals surface area contributed by atoms with Gasteiger partial charge in [0.2, 0.25) is 0 Å². The summed E-state index contributed by atoms with van der Waals surface area (Å²) in [6, 6.07) is 9.15. The standard InChI is InChI=1S/C12H16N2O3/c1-3-17-12(15)9-14(13-16)10(2)11-7-5-4-6-8-11/h4-8,10H,3,9H2,1-2H3. The number of hydrogen-bond acceptors (Lipinski definition) is 4. The van der Waals surface area contributed by atoms with Crippen molar-refractivity contribution in [2.24, 2.45) is 5.29 Å². The molecule has 0 aliphatic heterocycles. The molecule has 0 N–H and O–H groups in total. The van der Waals surface area contributed by atoms with Crippen LogP contribution >= 0.6 is 0 Å². The first-order valence-electron chi connectivity index (χ1n) is 5.49. The summed E-state index contributed by atoms with van der Waals surface area (Å²) in [7, 11) is 0. The van der Waals surface area contributed by atoms with Crippen LogP contribution in [0.3, 0.4) is 0 Å². The molecule has 0 aromatic heterocycles. The molecule has 92 valence electrons. The Kier molecular flexibility index (Phi) is 5.13. The number of carbonyl (C=O) groups excluding carboxylic acids is 1. The molecule has 0 saturated carbocycles. The van der Waals surface area contributed by atoms with Gasteiger partial charge in [-0.2, -0.15) is 0 Å². The minimum Gasteiger partial charge on any atom is -0.465 e. The summed E-state index contributed by atoms with van der Waals surface area (Å²) in [4.78, 5) is 22.0. The van der Waals surface area contributed by atoms with Crippen LogP contribution in [0.2, 0.25) is 0 Å². The topological polar surface area (TPSA) is 59.0 Å². The van der Waals surface area contributed by atoms with Crippen molar-refractivity contribution < 1.29 is 9.53 Å². The predicted molar refractivity (Wildman–Crippen MR) is 64.0 cm³/mol. The summed E-state index contributed by atoms with van der Waals surface area (Å²) in [6.45, 7) is 3.70. The highest BCUT2D eigenvalue weighted by atomic mass is 16.5. The molecule has 0 saturated heterocycles. The average Bonchev–Trinajstić information content (AvgIpc) is 2.36. The quantitative estimate of drug-likeness (QED) is 0.432. The van der Waals surface area contributed by atoms with E-state index in [0.29, 0.717) is 6.61 Å². The molecule has 5 nitrogen and oxygen atoms in total. The Morgan fingerprint density at radius 2 is 2.06 bits per heavy atom. The van der Waals surface area contributed by atoms with E-state index in [-0.39, 0.29) is 12.6 Å². The van der Waals surface area contributed by atoms with E-state index in [2.05, 4.69) is 5.29 Å². The Morgan fingerprint density at radius 3 is 2.59 bits per heavy atom. The molecule has 0 amide bonds. The van der Waals surface area contributed by atoms with Crippen molar-refractivity contribution in [3.8, 4) is 0 Å². The molecular formula is C12H16N2O3. The van der Waals surface area contributed by atoms with Crippen LogP contribution in [0.4, 0.5) is 0 Å². The molecule has 1 aromatic rings. The Hall–Kier alpha value is -1.91. The second-order valence-electron chi connectivity index (χ2n) is 3.57. The second-order valence-corrected chi connectivity index (χ2v) is 3.57. The van der Waals surface area contributed by atoms with Crippen molar-refractivity contribution in [3.05, 3.63) is 40.8 Å². The maximum absolute atomic E-state index is 11.3. The highest BCUT2D eigenvalue weighted by Gasteiger charge is 2.18.